The molecule has 1 unspecified atom stereocenters. The topological polar surface area (TPSA) is 85.1 Å². The number of nitrogens with one attached hydrogen (secondary N) is 1. The number of Topliss-reactive ketones (excluding diaryl/α,β-unsaturated/α-hetero) is 1. The van der Waals surface area contributed by atoms with Gasteiger partial charge < -0.3 is 9.73 Å². The molecule has 132 valence electrons. The van der Waals surface area contributed by atoms with E-state index in [1.54, 1.807) is 31.2 Å². The van der Waals surface area contributed by atoms with E-state index in [9.17, 15) is 9.59 Å². The van der Waals surface area contributed by atoms with Crippen molar-refractivity contribution in [1.82, 2.24) is 10.2 Å². The second kappa shape index (κ2) is 7.74. The monoisotopic (exact) mass is 349 g/mol. The van der Waals surface area contributed by atoms with Crippen molar-refractivity contribution < 1.29 is 14.0 Å². The second-order valence-electron chi connectivity index (χ2n) is 6.01. The molecule has 6 heteroatoms. The van der Waals surface area contributed by atoms with Crippen LogP contribution in [-0.4, -0.2) is 21.9 Å². The van der Waals surface area contributed by atoms with Crippen LogP contribution in [0.1, 0.15) is 47.0 Å². The van der Waals surface area contributed by atoms with E-state index < -0.39 is 0 Å². The predicted octanol–water partition coefficient (Wildman–Crippen LogP) is 3.74. The van der Waals surface area contributed by atoms with Crippen LogP contribution >= 0.6 is 0 Å². The van der Waals surface area contributed by atoms with Crippen LogP contribution in [0.15, 0.2) is 59.0 Å². The number of aryl methyl sites for hydroxylation is 1. The Morgan fingerprint density at radius 1 is 1.08 bits per heavy atom. The van der Waals surface area contributed by atoms with E-state index in [0.29, 0.717) is 23.0 Å². The molecule has 0 aliphatic rings. The van der Waals surface area contributed by atoms with Crippen LogP contribution in [0.5, 0.6) is 0 Å². The van der Waals surface area contributed by atoms with Crippen LogP contribution in [-0.2, 0) is 4.79 Å². The van der Waals surface area contributed by atoms with Crippen molar-refractivity contribution in [3.8, 4) is 0 Å². The fourth-order valence-corrected chi connectivity index (χ4v) is 2.70. The smallest absolute Gasteiger partial charge is 0.225 e. The van der Waals surface area contributed by atoms with Crippen molar-refractivity contribution in [3.63, 3.8) is 0 Å². The lowest BCUT2D eigenvalue weighted by molar-refractivity contribution is -0.116. The van der Waals surface area contributed by atoms with E-state index in [1.165, 1.54) is 6.92 Å². The zero-order valence-corrected chi connectivity index (χ0v) is 14.6. The molecule has 0 saturated heterocycles. The number of benzene rings is 2. The number of nitrogens with zero attached hydrogens (tertiary/aromatic N) is 2. The fraction of sp³-hybridized carbons (Fsp3) is 0.200. The van der Waals surface area contributed by atoms with Crippen molar-refractivity contribution in [2.75, 3.05) is 5.32 Å². The minimum Gasteiger partial charge on any atom is -0.425 e. The molecule has 0 fully saturated rings. The van der Waals surface area contributed by atoms with Gasteiger partial charge in [0, 0.05) is 24.6 Å². The normalized spacial score (nSPS) is 11.8. The summed E-state index contributed by atoms with van der Waals surface area (Å²) in [7, 11) is 0. The van der Waals surface area contributed by atoms with Crippen LogP contribution in [0, 0.1) is 6.92 Å². The molecule has 6 nitrogen and oxygen atoms in total. The van der Waals surface area contributed by atoms with E-state index >= 15 is 0 Å². The zero-order chi connectivity index (χ0) is 18.5. The lowest BCUT2D eigenvalue weighted by Crippen LogP contribution is -2.17. The molecule has 1 aromatic heterocycles. The summed E-state index contributed by atoms with van der Waals surface area (Å²) in [5, 5.41) is 10.8. The van der Waals surface area contributed by atoms with E-state index in [1.807, 2.05) is 30.3 Å². The van der Waals surface area contributed by atoms with Gasteiger partial charge in [0.25, 0.3) is 0 Å². The first-order chi connectivity index (χ1) is 12.5. The van der Waals surface area contributed by atoms with Gasteiger partial charge in [-0.3, -0.25) is 9.59 Å². The SMILES string of the molecule is CC(=O)c1cccc(NC(=O)CC(c2ccccc2)c2nnc(C)o2)c1. The highest BCUT2D eigenvalue weighted by Crippen LogP contribution is 2.27. The highest BCUT2D eigenvalue weighted by molar-refractivity contribution is 5.97. The second-order valence-corrected chi connectivity index (χ2v) is 6.01. The summed E-state index contributed by atoms with van der Waals surface area (Å²) < 4.78 is 5.55. The Morgan fingerprint density at radius 3 is 2.50 bits per heavy atom. The molecule has 0 bridgehead atoms. The number of aromatic nitrogens is 2. The van der Waals surface area contributed by atoms with Crippen LogP contribution in [0.25, 0.3) is 0 Å². The summed E-state index contributed by atoms with van der Waals surface area (Å²) in [6.07, 6.45) is 0.149. The highest BCUT2D eigenvalue weighted by Gasteiger charge is 2.23. The van der Waals surface area contributed by atoms with Gasteiger partial charge in [-0.05, 0) is 24.6 Å². The molecule has 3 aromatic rings. The van der Waals surface area contributed by atoms with Gasteiger partial charge in [0.1, 0.15) is 0 Å². The van der Waals surface area contributed by atoms with Gasteiger partial charge in [0.05, 0.1) is 5.92 Å². The Bertz CT molecular complexity index is 919. The first-order valence-electron chi connectivity index (χ1n) is 8.28. The first kappa shape index (κ1) is 17.5. The number of anilines is 1. The van der Waals surface area contributed by atoms with Crippen LogP contribution in [0.3, 0.4) is 0 Å². The van der Waals surface area contributed by atoms with Gasteiger partial charge in [-0.15, -0.1) is 10.2 Å². The van der Waals surface area contributed by atoms with Gasteiger partial charge in [-0.25, -0.2) is 0 Å². The summed E-state index contributed by atoms with van der Waals surface area (Å²) >= 11 is 0. The Hall–Kier alpha value is -3.28. The third-order valence-electron chi connectivity index (χ3n) is 3.98. The van der Waals surface area contributed by atoms with Gasteiger partial charge in [-0.2, -0.15) is 0 Å². The molecule has 1 N–H and O–H groups in total. The van der Waals surface area contributed by atoms with Crippen LogP contribution in [0.2, 0.25) is 0 Å². The number of ketones is 1. The summed E-state index contributed by atoms with van der Waals surface area (Å²) in [5.41, 5.74) is 2.05. The van der Waals surface area contributed by atoms with Crippen LogP contribution in [0.4, 0.5) is 5.69 Å². The molecular formula is C20H19N3O3. The molecule has 2 aromatic carbocycles. The van der Waals surface area contributed by atoms with Crippen molar-refractivity contribution in [3.05, 3.63) is 77.5 Å². The quantitative estimate of drug-likeness (QED) is 0.685. The Labute approximate surface area is 151 Å². The third-order valence-corrected chi connectivity index (χ3v) is 3.98. The summed E-state index contributed by atoms with van der Waals surface area (Å²) in [5.74, 6) is 0.269. The lowest BCUT2D eigenvalue weighted by atomic mass is 9.95. The molecule has 26 heavy (non-hydrogen) atoms. The average Bonchev–Trinajstić information content (AvgIpc) is 3.06. The molecule has 0 saturated carbocycles. The summed E-state index contributed by atoms with van der Waals surface area (Å²) in [4.78, 5) is 24.1. The van der Waals surface area contributed by atoms with Gasteiger partial charge >= 0.3 is 0 Å². The standard InChI is InChI=1S/C20H19N3O3/c1-13(24)16-9-6-10-17(11-16)21-19(25)12-18(15-7-4-3-5-8-15)20-23-22-14(2)26-20/h3-11,18H,12H2,1-2H3,(H,21,25). The zero-order valence-electron chi connectivity index (χ0n) is 14.6. The van der Waals surface area contributed by atoms with Crippen molar-refractivity contribution >= 4 is 17.4 Å². The Kier molecular flexibility index (Phi) is 5.22. The Balaban J connectivity index is 1.80. The van der Waals surface area contributed by atoms with E-state index in [-0.39, 0.29) is 24.0 Å². The molecule has 1 atom stereocenters. The minimum atomic E-state index is -0.339. The van der Waals surface area contributed by atoms with Crippen LogP contribution < -0.4 is 5.32 Å². The largest absolute Gasteiger partial charge is 0.425 e. The molecule has 0 aliphatic heterocycles. The molecular weight excluding hydrogens is 330 g/mol. The summed E-state index contributed by atoms with van der Waals surface area (Å²) in [6, 6.07) is 16.4. The maximum Gasteiger partial charge on any atom is 0.225 e. The molecule has 0 aliphatic carbocycles. The molecule has 3 rings (SSSR count). The number of rotatable bonds is 6. The Morgan fingerprint density at radius 2 is 1.85 bits per heavy atom. The minimum absolute atomic E-state index is 0.0513. The van der Waals surface area contributed by atoms with E-state index in [4.69, 9.17) is 4.42 Å². The fourth-order valence-electron chi connectivity index (χ4n) is 2.70. The van der Waals surface area contributed by atoms with Crippen molar-refractivity contribution in [1.29, 1.82) is 0 Å². The van der Waals surface area contributed by atoms with Gasteiger partial charge in [0.2, 0.25) is 17.7 Å². The molecule has 0 radical (unpaired) electrons. The highest BCUT2D eigenvalue weighted by atomic mass is 16.4. The molecule has 1 amide bonds. The average molecular weight is 349 g/mol. The number of amides is 1. The lowest BCUT2D eigenvalue weighted by Gasteiger charge is -2.14. The maximum atomic E-state index is 12.6. The van der Waals surface area contributed by atoms with E-state index in [2.05, 4.69) is 15.5 Å². The molecule has 1 heterocycles. The van der Waals surface area contributed by atoms with Gasteiger partial charge in [-0.1, -0.05) is 42.5 Å². The summed E-state index contributed by atoms with van der Waals surface area (Å²) in [6.45, 7) is 3.20. The van der Waals surface area contributed by atoms with Crippen molar-refractivity contribution in [2.24, 2.45) is 0 Å². The van der Waals surface area contributed by atoms with Gasteiger partial charge in [0.15, 0.2) is 5.78 Å². The number of hydrogen-bond donors (Lipinski definition) is 1. The number of hydrogen-bond acceptors (Lipinski definition) is 5. The predicted molar refractivity (Wildman–Crippen MR) is 97.0 cm³/mol. The molecule has 0 spiro atoms. The first-order valence-corrected chi connectivity index (χ1v) is 8.28. The number of carbonyl (C=O) groups excluding carboxylic acids is 2. The van der Waals surface area contributed by atoms with E-state index in [0.717, 1.165) is 5.56 Å². The van der Waals surface area contributed by atoms with Crippen molar-refractivity contribution in [2.45, 2.75) is 26.2 Å². The third kappa shape index (κ3) is 4.22. The maximum absolute atomic E-state index is 12.6. The number of carbonyl (C=O) groups is 2.